The molecule has 0 unspecified atom stereocenters. The monoisotopic (exact) mass is 354 g/mol. The fraction of sp³-hybridized carbons (Fsp3) is 0.167. The molecule has 7 heteroatoms. The van der Waals surface area contributed by atoms with Crippen LogP contribution in [-0.2, 0) is 18.4 Å². The number of hydrogen-bond acceptors (Lipinski definition) is 4. The van der Waals surface area contributed by atoms with Crippen molar-refractivity contribution in [2.24, 2.45) is 7.05 Å². The molecular weight excluding hydrogens is 336 g/mol. The fourth-order valence-corrected chi connectivity index (χ4v) is 3.15. The first-order valence-electron chi connectivity index (χ1n) is 7.79. The summed E-state index contributed by atoms with van der Waals surface area (Å²) in [6, 6.07) is 16.8. The van der Waals surface area contributed by atoms with E-state index < -0.39 is 6.03 Å². The zero-order chi connectivity index (χ0) is 17.6. The molecule has 0 fully saturated rings. The van der Waals surface area contributed by atoms with Crippen molar-refractivity contribution in [3.8, 4) is 0 Å². The Morgan fingerprint density at radius 3 is 2.56 bits per heavy atom. The van der Waals surface area contributed by atoms with E-state index in [9.17, 15) is 9.59 Å². The second-order valence-corrected chi connectivity index (χ2v) is 6.39. The summed E-state index contributed by atoms with van der Waals surface area (Å²) in [5.74, 6) is -0.238. The number of carbonyl (C=O) groups excluding carboxylic acids is 2. The van der Waals surface area contributed by atoms with Crippen LogP contribution in [0, 0.1) is 0 Å². The number of carbonyl (C=O) groups is 2. The molecule has 3 rings (SSSR count). The first kappa shape index (κ1) is 17.0. The summed E-state index contributed by atoms with van der Waals surface area (Å²) < 4.78 is 1.93. The minimum absolute atomic E-state index is 0.121. The molecule has 0 aliphatic rings. The molecule has 0 atom stereocenters. The molecule has 0 bridgehead atoms. The minimum atomic E-state index is -0.501. The molecule has 2 N–H and O–H groups in total. The van der Waals surface area contributed by atoms with Crippen LogP contribution in [0.15, 0.2) is 59.8 Å². The van der Waals surface area contributed by atoms with E-state index in [0.29, 0.717) is 6.54 Å². The van der Waals surface area contributed by atoms with Gasteiger partial charge in [-0.2, -0.15) is 0 Å². The van der Waals surface area contributed by atoms with Gasteiger partial charge in [-0.1, -0.05) is 54.2 Å². The van der Waals surface area contributed by atoms with Crippen LogP contribution < -0.4 is 10.6 Å². The Morgan fingerprint density at radius 1 is 1.08 bits per heavy atom. The van der Waals surface area contributed by atoms with Gasteiger partial charge in [-0.3, -0.25) is 10.1 Å². The highest BCUT2D eigenvalue weighted by Gasteiger charge is 2.12. The molecule has 128 valence electrons. The van der Waals surface area contributed by atoms with Gasteiger partial charge in [-0.05, 0) is 17.7 Å². The smallest absolute Gasteiger partial charge is 0.321 e. The summed E-state index contributed by atoms with van der Waals surface area (Å²) in [7, 11) is 1.90. The van der Waals surface area contributed by atoms with Crippen molar-refractivity contribution >= 4 is 34.7 Å². The van der Waals surface area contributed by atoms with Crippen LogP contribution in [0.4, 0.5) is 4.79 Å². The van der Waals surface area contributed by atoms with E-state index in [-0.39, 0.29) is 11.7 Å². The Labute approximate surface area is 149 Å². The summed E-state index contributed by atoms with van der Waals surface area (Å²) in [5.41, 5.74) is 2.86. The summed E-state index contributed by atoms with van der Waals surface area (Å²) >= 11 is 1.30. The zero-order valence-corrected chi connectivity index (χ0v) is 14.5. The lowest BCUT2D eigenvalue weighted by Crippen LogP contribution is -2.39. The van der Waals surface area contributed by atoms with E-state index >= 15 is 0 Å². The van der Waals surface area contributed by atoms with E-state index in [0.717, 1.165) is 21.8 Å². The first-order valence-corrected chi connectivity index (χ1v) is 8.78. The molecule has 25 heavy (non-hydrogen) atoms. The number of aryl methyl sites for hydroxylation is 1. The molecule has 2 aromatic carbocycles. The molecule has 3 aromatic rings. The number of aromatic nitrogens is 2. The highest BCUT2D eigenvalue weighted by Crippen LogP contribution is 2.22. The number of para-hydroxylation sites is 2. The van der Waals surface area contributed by atoms with Gasteiger partial charge in [0.05, 0.1) is 16.8 Å². The van der Waals surface area contributed by atoms with E-state index in [4.69, 9.17) is 0 Å². The lowest BCUT2D eigenvalue weighted by Gasteiger charge is -2.07. The number of urea groups is 1. The van der Waals surface area contributed by atoms with Gasteiger partial charge in [-0.15, -0.1) is 0 Å². The van der Waals surface area contributed by atoms with E-state index in [2.05, 4.69) is 15.6 Å². The van der Waals surface area contributed by atoms with Gasteiger partial charge < -0.3 is 9.88 Å². The molecule has 0 saturated carbocycles. The van der Waals surface area contributed by atoms with Gasteiger partial charge in [0.2, 0.25) is 5.91 Å². The molecule has 0 spiro atoms. The quantitative estimate of drug-likeness (QED) is 0.691. The number of amides is 3. The molecule has 0 radical (unpaired) electrons. The maximum absolute atomic E-state index is 11.9. The second-order valence-electron chi connectivity index (χ2n) is 5.45. The molecule has 1 heterocycles. The maximum Gasteiger partial charge on any atom is 0.321 e. The summed E-state index contributed by atoms with van der Waals surface area (Å²) in [4.78, 5) is 28.2. The number of fused-ring (bicyclic) bond motifs is 1. The number of hydrogen-bond donors (Lipinski definition) is 2. The topological polar surface area (TPSA) is 76.0 Å². The minimum Gasteiger partial charge on any atom is -0.334 e. The maximum atomic E-state index is 11.9. The Hall–Kier alpha value is -2.80. The Bertz CT molecular complexity index is 892. The molecule has 0 aliphatic carbocycles. The van der Waals surface area contributed by atoms with Crippen molar-refractivity contribution in [3.63, 3.8) is 0 Å². The number of nitrogens with one attached hydrogen (secondary N) is 2. The van der Waals surface area contributed by atoms with E-state index in [1.807, 2.05) is 66.2 Å². The average molecular weight is 354 g/mol. The van der Waals surface area contributed by atoms with Crippen LogP contribution in [0.2, 0.25) is 0 Å². The van der Waals surface area contributed by atoms with Gasteiger partial charge in [0.15, 0.2) is 5.16 Å². The number of imidazole rings is 1. The third kappa shape index (κ3) is 4.39. The van der Waals surface area contributed by atoms with Crippen LogP contribution in [0.3, 0.4) is 0 Å². The average Bonchev–Trinajstić information content (AvgIpc) is 2.95. The predicted octanol–water partition coefficient (Wildman–Crippen LogP) is 2.69. The highest BCUT2D eigenvalue weighted by atomic mass is 32.2. The largest absolute Gasteiger partial charge is 0.334 e. The zero-order valence-electron chi connectivity index (χ0n) is 13.7. The molecule has 6 nitrogen and oxygen atoms in total. The van der Waals surface area contributed by atoms with Gasteiger partial charge in [0.25, 0.3) is 0 Å². The number of nitrogens with zero attached hydrogens (tertiary/aromatic N) is 2. The normalized spacial score (nSPS) is 10.6. The Balaban J connectivity index is 1.48. The number of imide groups is 1. The number of thioether (sulfide) groups is 1. The predicted molar refractivity (Wildman–Crippen MR) is 98.3 cm³/mol. The van der Waals surface area contributed by atoms with Crippen LogP contribution in [-0.4, -0.2) is 27.2 Å². The molecule has 0 aliphatic heterocycles. The van der Waals surface area contributed by atoms with Crippen molar-refractivity contribution < 1.29 is 9.59 Å². The lowest BCUT2D eigenvalue weighted by atomic mass is 10.2. The van der Waals surface area contributed by atoms with Crippen molar-refractivity contribution in [2.45, 2.75) is 11.7 Å². The van der Waals surface area contributed by atoms with Crippen molar-refractivity contribution in [3.05, 3.63) is 60.2 Å². The van der Waals surface area contributed by atoms with E-state index in [1.165, 1.54) is 11.8 Å². The van der Waals surface area contributed by atoms with Crippen molar-refractivity contribution in [1.82, 2.24) is 20.2 Å². The molecule has 3 amide bonds. The summed E-state index contributed by atoms with van der Waals surface area (Å²) in [6.07, 6.45) is 0. The van der Waals surface area contributed by atoms with Crippen molar-refractivity contribution in [1.29, 1.82) is 0 Å². The van der Waals surface area contributed by atoms with Gasteiger partial charge in [0, 0.05) is 13.6 Å². The Kier molecular flexibility index (Phi) is 5.35. The summed E-state index contributed by atoms with van der Waals surface area (Å²) in [6.45, 7) is 0.373. The van der Waals surface area contributed by atoms with Crippen LogP contribution >= 0.6 is 11.8 Å². The van der Waals surface area contributed by atoms with Gasteiger partial charge >= 0.3 is 6.03 Å². The lowest BCUT2D eigenvalue weighted by molar-refractivity contribution is -0.117. The van der Waals surface area contributed by atoms with Crippen LogP contribution in [0.1, 0.15) is 5.56 Å². The van der Waals surface area contributed by atoms with Crippen molar-refractivity contribution in [2.75, 3.05) is 5.75 Å². The third-order valence-electron chi connectivity index (χ3n) is 3.63. The SMILES string of the molecule is Cn1c(SCC(=O)NC(=O)NCc2ccccc2)nc2ccccc21. The number of benzene rings is 2. The molecule has 1 aromatic heterocycles. The highest BCUT2D eigenvalue weighted by molar-refractivity contribution is 7.99. The standard InChI is InChI=1S/C18H18N4O2S/c1-22-15-10-6-5-9-14(15)20-18(22)25-12-16(23)21-17(24)19-11-13-7-3-2-4-8-13/h2-10H,11-12H2,1H3,(H2,19,21,23,24). The number of rotatable bonds is 5. The first-order chi connectivity index (χ1) is 12.1. The van der Waals surface area contributed by atoms with E-state index in [1.54, 1.807) is 0 Å². The van der Waals surface area contributed by atoms with Gasteiger partial charge in [0.1, 0.15) is 0 Å². The van der Waals surface area contributed by atoms with Crippen LogP contribution in [0.5, 0.6) is 0 Å². The molecule has 0 saturated heterocycles. The third-order valence-corrected chi connectivity index (χ3v) is 4.66. The van der Waals surface area contributed by atoms with Crippen LogP contribution in [0.25, 0.3) is 11.0 Å². The van der Waals surface area contributed by atoms with Gasteiger partial charge in [-0.25, -0.2) is 9.78 Å². The Morgan fingerprint density at radius 2 is 1.80 bits per heavy atom. The summed E-state index contributed by atoms with van der Waals surface area (Å²) in [5, 5.41) is 5.72. The second kappa shape index (κ2) is 7.85. The fourth-order valence-electron chi connectivity index (χ4n) is 2.37. The molecular formula is C18H18N4O2S.